The fourth-order valence-electron chi connectivity index (χ4n) is 3.34. The summed E-state index contributed by atoms with van der Waals surface area (Å²) in [5, 5.41) is 2.95. The normalized spacial score (nSPS) is 11.5. The lowest BCUT2D eigenvalue weighted by Crippen LogP contribution is -1.93. The summed E-state index contributed by atoms with van der Waals surface area (Å²) < 4.78 is 2.24. The molecule has 0 aliphatic carbocycles. The van der Waals surface area contributed by atoms with E-state index in [1.165, 1.54) is 0 Å². The number of pyridine rings is 1. The lowest BCUT2D eigenvalue weighted by Gasteiger charge is -2.10. The van der Waals surface area contributed by atoms with Crippen LogP contribution in [0.4, 0.5) is 0 Å². The summed E-state index contributed by atoms with van der Waals surface area (Å²) in [7, 11) is 0. The van der Waals surface area contributed by atoms with Crippen molar-refractivity contribution in [2.24, 2.45) is 0 Å². The van der Waals surface area contributed by atoms with Crippen LogP contribution < -0.4 is 0 Å². The molecule has 5 aromatic rings. The van der Waals surface area contributed by atoms with Crippen LogP contribution in [0.2, 0.25) is 5.02 Å². The van der Waals surface area contributed by atoms with E-state index in [9.17, 15) is 0 Å². The van der Waals surface area contributed by atoms with Crippen molar-refractivity contribution in [1.82, 2.24) is 9.38 Å². The highest BCUT2D eigenvalue weighted by atomic mass is 35.5. The van der Waals surface area contributed by atoms with Crippen molar-refractivity contribution in [2.45, 2.75) is 0 Å². The lowest BCUT2D eigenvalue weighted by molar-refractivity contribution is 1.25. The highest BCUT2D eigenvalue weighted by Gasteiger charge is 2.13. The Kier molecular flexibility index (Phi) is 2.88. The van der Waals surface area contributed by atoms with Crippen molar-refractivity contribution in [3.05, 3.63) is 83.9 Å². The highest BCUT2D eigenvalue weighted by molar-refractivity contribution is 6.31. The number of para-hydroxylation sites is 2. The molecule has 2 heterocycles. The van der Waals surface area contributed by atoms with Gasteiger partial charge in [-0.3, -0.25) is 4.40 Å². The van der Waals surface area contributed by atoms with Crippen LogP contribution in [0, 0.1) is 0 Å². The van der Waals surface area contributed by atoms with Gasteiger partial charge in [-0.2, -0.15) is 0 Å². The third kappa shape index (κ3) is 1.93. The number of rotatable bonds is 1. The molecule has 0 saturated heterocycles. The Balaban J connectivity index is 2.05. The summed E-state index contributed by atoms with van der Waals surface area (Å²) in [5.41, 5.74) is 5.35. The predicted molar refractivity (Wildman–Crippen MR) is 101 cm³/mol. The van der Waals surface area contributed by atoms with E-state index >= 15 is 0 Å². The number of nitrogens with zero attached hydrogens (tertiary/aromatic N) is 2. The quantitative estimate of drug-likeness (QED) is 0.371. The number of halogens is 1. The Labute approximate surface area is 143 Å². The molecule has 3 aromatic carbocycles. The van der Waals surface area contributed by atoms with Crippen LogP contribution in [0.5, 0.6) is 0 Å². The van der Waals surface area contributed by atoms with Gasteiger partial charge in [-0.1, -0.05) is 54.1 Å². The Morgan fingerprint density at radius 3 is 2.46 bits per heavy atom. The Bertz CT molecular complexity index is 1210. The largest absolute Gasteiger partial charge is 0.292 e. The van der Waals surface area contributed by atoms with Crippen molar-refractivity contribution >= 4 is 39.1 Å². The lowest BCUT2D eigenvalue weighted by atomic mass is 10.1. The van der Waals surface area contributed by atoms with Crippen LogP contribution >= 0.6 is 11.6 Å². The van der Waals surface area contributed by atoms with Gasteiger partial charge in [0.25, 0.3) is 0 Å². The first-order chi connectivity index (χ1) is 11.8. The zero-order valence-electron chi connectivity index (χ0n) is 12.8. The van der Waals surface area contributed by atoms with E-state index in [4.69, 9.17) is 16.6 Å². The summed E-state index contributed by atoms with van der Waals surface area (Å²) in [5.74, 6) is 0. The second-order valence-corrected chi connectivity index (χ2v) is 6.32. The minimum Gasteiger partial charge on any atom is -0.292 e. The van der Waals surface area contributed by atoms with E-state index in [0.29, 0.717) is 0 Å². The molecule has 0 fully saturated rings. The maximum Gasteiger partial charge on any atom is 0.146 e. The van der Waals surface area contributed by atoms with Crippen LogP contribution in [-0.2, 0) is 0 Å². The van der Waals surface area contributed by atoms with E-state index in [-0.39, 0.29) is 0 Å². The van der Waals surface area contributed by atoms with Gasteiger partial charge in [-0.05, 0) is 47.3 Å². The number of imidazole rings is 1. The Morgan fingerprint density at radius 2 is 1.58 bits per heavy atom. The van der Waals surface area contributed by atoms with Crippen LogP contribution in [-0.4, -0.2) is 9.38 Å². The van der Waals surface area contributed by atoms with Gasteiger partial charge in [-0.15, -0.1) is 0 Å². The highest BCUT2D eigenvalue weighted by Crippen LogP contribution is 2.32. The molecular weight excluding hydrogens is 316 g/mol. The summed E-state index contributed by atoms with van der Waals surface area (Å²) in [6.45, 7) is 0. The van der Waals surface area contributed by atoms with E-state index in [0.717, 1.165) is 43.7 Å². The van der Waals surface area contributed by atoms with Gasteiger partial charge in [0.1, 0.15) is 5.65 Å². The van der Waals surface area contributed by atoms with Crippen molar-refractivity contribution in [3.8, 4) is 11.3 Å². The Hall–Kier alpha value is -2.84. The maximum atomic E-state index is 6.22. The van der Waals surface area contributed by atoms with Crippen molar-refractivity contribution in [3.63, 3.8) is 0 Å². The molecule has 2 aromatic heterocycles. The first-order valence-electron chi connectivity index (χ1n) is 7.86. The molecule has 0 aliphatic rings. The smallest absolute Gasteiger partial charge is 0.146 e. The molecule has 5 rings (SSSR count). The predicted octanol–water partition coefficient (Wildman–Crippen LogP) is 5.96. The van der Waals surface area contributed by atoms with Gasteiger partial charge in [0.05, 0.1) is 16.7 Å². The average Bonchev–Trinajstić information content (AvgIpc) is 3.01. The minimum absolute atomic E-state index is 0.738. The van der Waals surface area contributed by atoms with E-state index < -0.39 is 0 Å². The topological polar surface area (TPSA) is 17.3 Å². The van der Waals surface area contributed by atoms with E-state index in [1.807, 2.05) is 30.3 Å². The molecule has 0 aliphatic heterocycles. The van der Waals surface area contributed by atoms with Crippen LogP contribution in [0.1, 0.15) is 0 Å². The second kappa shape index (κ2) is 5.08. The van der Waals surface area contributed by atoms with Gasteiger partial charge in [-0.25, -0.2) is 4.98 Å². The number of fused-ring (bicyclic) bond motifs is 5. The second-order valence-electron chi connectivity index (χ2n) is 5.89. The summed E-state index contributed by atoms with van der Waals surface area (Å²) in [4.78, 5) is 4.88. The fourth-order valence-corrected chi connectivity index (χ4v) is 3.52. The summed E-state index contributed by atoms with van der Waals surface area (Å²) in [6.07, 6.45) is 0. The number of hydrogen-bond donors (Lipinski definition) is 0. The SMILES string of the molecule is Clc1ccc2c(c1)cc(-c1ccccc1)n1c3ccccc3nc21. The van der Waals surface area contributed by atoms with E-state index in [1.54, 1.807) is 0 Å². The monoisotopic (exact) mass is 328 g/mol. The third-order valence-electron chi connectivity index (χ3n) is 4.42. The molecule has 0 amide bonds. The molecule has 0 radical (unpaired) electrons. The molecule has 3 heteroatoms. The zero-order chi connectivity index (χ0) is 16.1. The number of aromatic nitrogens is 2. The fraction of sp³-hybridized carbons (Fsp3) is 0. The van der Waals surface area contributed by atoms with Gasteiger partial charge < -0.3 is 0 Å². The minimum atomic E-state index is 0.738. The molecule has 114 valence electrons. The number of hydrogen-bond acceptors (Lipinski definition) is 1. The standard InChI is InChI=1S/C21H13ClN2/c22-16-10-11-17-15(12-16)13-20(14-6-2-1-3-7-14)24-19-9-5-4-8-18(19)23-21(17)24/h1-13H. The van der Waals surface area contributed by atoms with Crippen molar-refractivity contribution in [2.75, 3.05) is 0 Å². The molecule has 0 saturated carbocycles. The average molecular weight is 329 g/mol. The van der Waals surface area contributed by atoms with Crippen molar-refractivity contribution in [1.29, 1.82) is 0 Å². The molecule has 24 heavy (non-hydrogen) atoms. The molecule has 0 N–H and O–H groups in total. The summed E-state index contributed by atoms with van der Waals surface area (Å²) >= 11 is 6.22. The maximum absolute atomic E-state index is 6.22. The third-order valence-corrected chi connectivity index (χ3v) is 4.65. The Morgan fingerprint density at radius 1 is 0.792 bits per heavy atom. The van der Waals surface area contributed by atoms with Crippen LogP contribution in [0.15, 0.2) is 78.9 Å². The molecule has 2 nitrogen and oxygen atoms in total. The van der Waals surface area contributed by atoms with Crippen LogP contribution in [0.25, 0.3) is 38.7 Å². The van der Waals surface area contributed by atoms with Crippen molar-refractivity contribution < 1.29 is 0 Å². The molecule has 0 atom stereocenters. The number of benzene rings is 3. The first kappa shape index (κ1) is 13.6. The molecule has 0 spiro atoms. The van der Waals surface area contributed by atoms with Crippen LogP contribution in [0.3, 0.4) is 0 Å². The molecule has 0 bridgehead atoms. The first-order valence-corrected chi connectivity index (χ1v) is 8.24. The summed E-state index contributed by atoms with van der Waals surface area (Å²) in [6, 6.07) is 26.8. The molecule has 0 unspecified atom stereocenters. The van der Waals surface area contributed by atoms with E-state index in [2.05, 4.69) is 52.9 Å². The van der Waals surface area contributed by atoms with Gasteiger partial charge in [0, 0.05) is 10.4 Å². The molecular formula is C21H13ClN2. The zero-order valence-corrected chi connectivity index (χ0v) is 13.5. The van der Waals surface area contributed by atoms with Gasteiger partial charge in [0.15, 0.2) is 0 Å². The van der Waals surface area contributed by atoms with Gasteiger partial charge in [0.2, 0.25) is 0 Å². The van der Waals surface area contributed by atoms with Gasteiger partial charge >= 0.3 is 0 Å².